The number of rotatable bonds is 6. The van der Waals surface area contributed by atoms with Crippen molar-refractivity contribution in [2.45, 2.75) is 32.1 Å². The van der Waals surface area contributed by atoms with Crippen LogP contribution in [0, 0.1) is 0 Å². The third-order valence-corrected chi connectivity index (χ3v) is 6.25. The van der Waals surface area contributed by atoms with Crippen molar-refractivity contribution >= 4 is 11.8 Å². The van der Waals surface area contributed by atoms with Crippen molar-refractivity contribution in [2.75, 3.05) is 0 Å². The molecule has 166 valence electrons. The molecule has 0 spiro atoms. The highest BCUT2D eigenvalue weighted by atomic mass is 16.3. The van der Waals surface area contributed by atoms with Gasteiger partial charge in [-0.25, -0.2) is 0 Å². The molecule has 2 aromatic carbocycles. The number of carbonyl (C=O) groups is 2. The molecule has 3 heterocycles. The predicted octanol–water partition coefficient (Wildman–Crippen LogP) is 4.48. The van der Waals surface area contributed by atoms with Crippen LogP contribution in [0.25, 0.3) is 11.5 Å². The summed E-state index contributed by atoms with van der Waals surface area (Å²) in [5.41, 5.74) is 2.22. The number of nitrogens with zero attached hydrogens (tertiary/aromatic N) is 2. The number of hydrogen-bond acceptors (Lipinski definition) is 3. The molecule has 6 nitrogen and oxygen atoms in total. The molecule has 6 heteroatoms. The van der Waals surface area contributed by atoms with Gasteiger partial charge < -0.3 is 19.2 Å². The monoisotopic (exact) mass is 439 g/mol. The van der Waals surface area contributed by atoms with Crippen molar-refractivity contribution in [2.24, 2.45) is 0 Å². The number of aromatic nitrogens is 1. The summed E-state index contributed by atoms with van der Waals surface area (Å²) in [6, 6.07) is 26.9. The molecule has 0 saturated carbocycles. The van der Waals surface area contributed by atoms with E-state index in [9.17, 15) is 9.59 Å². The van der Waals surface area contributed by atoms with Crippen LogP contribution >= 0.6 is 0 Å². The fourth-order valence-electron chi connectivity index (χ4n) is 4.40. The molecule has 0 fully saturated rings. The molecule has 2 amide bonds. The first-order valence-electron chi connectivity index (χ1n) is 11.0. The van der Waals surface area contributed by atoms with Crippen LogP contribution in [0.2, 0.25) is 0 Å². The Morgan fingerprint density at radius 3 is 2.24 bits per heavy atom. The number of nitrogens with one attached hydrogen (secondary N) is 1. The third kappa shape index (κ3) is 3.84. The molecule has 4 aromatic rings. The highest BCUT2D eigenvalue weighted by molar-refractivity contribution is 6.00. The first-order valence-corrected chi connectivity index (χ1v) is 11.0. The van der Waals surface area contributed by atoms with Gasteiger partial charge in [0.1, 0.15) is 17.0 Å². The van der Waals surface area contributed by atoms with Crippen LogP contribution in [0.3, 0.4) is 0 Å². The van der Waals surface area contributed by atoms with Crippen molar-refractivity contribution < 1.29 is 14.0 Å². The van der Waals surface area contributed by atoms with Crippen molar-refractivity contribution in [3.05, 3.63) is 108 Å². The Kier molecular flexibility index (Phi) is 5.34. The molecular weight excluding hydrogens is 414 g/mol. The Hall–Kier alpha value is -4.06. The van der Waals surface area contributed by atoms with Gasteiger partial charge in [-0.15, -0.1) is 0 Å². The Balaban J connectivity index is 1.51. The van der Waals surface area contributed by atoms with E-state index in [2.05, 4.69) is 5.32 Å². The minimum atomic E-state index is -1.09. The molecule has 0 radical (unpaired) electrons. The van der Waals surface area contributed by atoms with Gasteiger partial charge in [0, 0.05) is 13.1 Å². The van der Waals surface area contributed by atoms with Crippen molar-refractivity contribution in [1.29, 1.82) is 0 Å². The van der Waals surface area contributed by atoms with E-state index in [1.165, 1.54) is 0 Å². The van der Waals surface area contributed by atoms with Gasteiger partial charge >= 0.3 is 0 Å². The lowest BCUT2D eigenvalue weighted by Gasteiger charge is -2.44. The summed E-state index contributed by atoms with van der Waals surface area (Å²) >= 11 is 0. The van der Waals surface area contributed by atoms with E-state index in [0.717, 1.165) is 16.8 Å². The SMILES string of the molecule is C[C@]1(C(=O)NCc2ccccc2)Cn2c(ccc2-c2ccco2)C(=O)N1Cc1ccccc1. The van der Waals surface area contributed by atoms with Gasteiger partial charge in [0.2, 0.25) is 5.91 Å². The standard InChI is InChI=1S/C27H25N3O3/c1-27(26(32)28-17-20-9-4-2-5-10-20)19-29-22(24-13-8-16-33-24)14-15-23(29)25(31)30(27)18-21-11-6-3-7-12-21/h2-16H,17-19H2,1H3,(H,28,32)/t27-/m1/s1. The van der Waals surface area contributed by atoms with Gasteiger partial charge in [-0.2, -0.15) is 0 Å². The smallest absolute Gasteiger partial charge is 0.271 e. The van der Waals surface area contributed by atoms with Crippen molar-refractivity contribution in [3.8, 4) is 11.5 Å². The van der Waals surface area contributed by atoms with Gasteiger partial charge in [-0.3, -0.25) is 9.59 Å². The highest BCUT2D eigenvalue weighted by Gasteiger charge is 2.47. The van der Waals surface area contributed by atoms with Crippen molar-refractivity contribution in [3.63, 3.8) is 0 Å². The number of amides is 2. The maximum atomic E-state index is 13.7. The maximum Gasteiger partial charge on any atom is 0.271 e. The molecular formula is C27H25N3O3. The first kappa shape index (κ1) is 20.8. The Labute approximate surface area is 192 Å². The van der Waals surface area contributed by atoms with E-state index in [0.29, 0.717) is 31.1 Å². The van der Waals surface area contributed by atoms with E-state index in [1.54, 1.807) is 17.2 Å². The van der Waals surface area contributed by atoms with Crippen LogP contribution in [0.4, 0.5) is 0 Å². The summed E-state index contributed by atoms with van der Waals surface area (Å²) in [6.07, 6.45) is 1.60. The first-order chi connectivity index (χ1) is 16.1. The fourth-order valence-corrected chi connectivity index (χ4v) is 4.40. The average Bonchev–Trinajstić information content (AvgIpc) is 3.51. The molecule has 1 aliphatic rings. The van der Waals surface area contributed by atoms with E-state index in [4.69, 9.17) is 4.42 Å². The van der Waals surface area contributed by atoms with E-state index in [-0.39, 0.29) is 11.8 Å². The van der Waals surface area contributed by atoms with Crippen molar-refractivity contribution in [1.82, 2.24) is 14.8 Å². The van der Waals surface area contributed by atoms with E-state index >= 15 is 0 Å². The number of benzene rings is 2. The highest BCUT2D eigenvalue weighted by Crippen LogP contribution is 2.34. The van der Waals surface area contributed by atoms with Crippen LogP contribution in [0.1, 0.15) is 28.5 Å². The molecule has 0 saturated heterocycles. The molecule has 1 atom stereocenters. The van der Waals surface area contributed by atoms with Gasteiger partial charge in [-0.05, 0) is 42.3 Å². The number of carbonyl (C=O) groups excluding carboxylic acids is 2. The molecule has 2 aromatic heterocycles. The van der Waals surface area contributed by atoms with Crippen LogP contribution in [-0.2, 0) is 24.4 Å². The Morgan fingerprint density at radius 1 is 0.909 bits per heavy atom. The number of hydrogen-bond donors (Lipinski definition) is 1. The summed E-state index contributed by atoms with van der Waals surface area (Å²) < 4.78 is 7.48. The number of fused-ring (bicyclic) bond motifs is 1. The van der Waals surface area contributed by atoms with Crippen LogP contribution in [-0.4, -0.2) is 26.8 Å². The summed E-state index contributed by atoms with van der Waals surface area (Å²) in [7, 11) is 0. The lowest BCUT2D eigenvalue weighted by molar-refractivity contribution is -0.133. The minimum Gasteiger partial charge on any atom is -0.463 e. The second-order valence-corrected chi connectivity index (χ2v) is 8.49. The second-order valence-electron chi connectivity index (χ2n) is 8.49. The normalized spacial score (nSPS) is 17.6. The van der Waals surface area contributed by atoms with E-state index < -0.39 is 5.54 Å². The molecule has 33 heavy (non-hydrogen) atoms. The zero-order valence-electron chi connectivity index (χ0n) is 18.4. The van der Waals surface area contributed by atoms with Gasteiger partial charge in [-0.1, -0.05) is 60.7 Å². The quantitative estimate of drug-likeness (QED) is 0.482. The minimum absolute atomic E-state index is 0.180. The molecule has 0 aliphatic carbocycles. The average molecular weight is 440 g/mol. The van der Waals surface area contributed by atoms with Crippen LogP contribution in [0.15, 0.2) is 95.6 Å². The summed E-state index contributed by atoms with van der Waals surface area (Å²) in [4.78, 5) is 29.0. The maximum absolute atomic E-state index is 13.7. The molecule has 0 bridgehead atoms. The van der Waals surface area contributed by atoms with Gasteiger partial charge in [0.15, 0.2) is 0 Å². The topological polar surface area (TPSA) is 67.5 Å². The fraction of sp³-hybridized carbons (Fsp3) is 0.185. The molecule has 5 rings (SSSR count). The Bertz CT molecular complexity index is 1260. The Morgan fingerprint density at radius 2 is 1.58 bits per heavy atom. The lowest BCUT2D eigenvalue weighted by atomic mass is 9.93. The number of furan rings is 1. The summed E-state index contributed by atoms with van der Waals surface area (Å²) in [6.45, 7) is 2.90. The summed E-state index contributed by atoms with van der Waals surface area (Å²) in [5.74, 6) is 0.290. The van der Waals surface area contributed by atoms with Gasteiger partial charge in [0.25, 0.3) is 5.91 Å². The zero-order chi connectivity index (χ0) is 22.8. The second kappa shape index (κ2) is 8.47. The third-order valence-electron chi connectivity index (χ3n) is 6.25. The molecule has 1 N–H and O–H groups in total. The van der Waals surface area contributed by atoms with Crippen LogP contribution < -0.4 is 5.32 Å². The zero-order valence-corrected chi connectivity index (χ0v) is 18.4. The molecule has 1 aliphatic heterocycles. The van der Waals surface area contributed by atoms with Gasteiger partial charge in [0.05, 0.1) is 18.5 Å². The lowest BCUT2D eigenvalue weighted by Crippen LogP contribution is -2.63. The van der Waals surface area contributed by atoms with Crippen LogP contribution in [0.5, 0.6) is 0 Å². The largest absolute Gasteiger partial charge is 0.463 e. The van der Waals surface area contributed by atoms with E-state index in [1.807, 2.05) is 90.4 Å². The predicted molar refractivity (Wildman–Crippen MR) is 125 cm³/mol. The molecule has 0 unspecified atom stereocenters. The summed E-state index contributed by atoms with van der Waals surface area (Å²) in [5, 5.41) is 3.05.